The van der Waals surface area contributed by atoms with Crippen molar-refractivity contribution in [2.45, 2.75) is 50.6 Å². The van der Waals surface area contributed by atoms with Crippen LogP contribution >= 0.6 is 0 Å². The molecule has 9 nitrogen and oxygen atoms in total. The molecular weight excluding hydrogens is 356 g/mol. The van der Waals surface area contributed by atoms with Gasteiger partial charge in [0.2, 0.25) is 15.9 Å². The molecule has 2 N–H and O–H groups in total. The number of imidazole rings is 1. The molecule has 10 heteroatoms. The molecule has 2 aromatic rings. The highest BCUT2D eigenvalue weighted by atomic mass is 32.2. The van der Waals surface area contributed by atoms with E-state index >= 15 is 0 Å². The predicted molar refractivity (Wildman–Crippen MR) is 94.8 cm³/mol. The molecule has 3 heterocycles. The van der Waals surface area contributed by atoms with Gasteiger partial charge in [0.05, 0.1) is 11.9 Å². The molecule has 1 aliphatic rings. The van der Waals surface area contributed by atoms with Crippen molar-refractivity contribution in [1.82, 2.24) is 23.6 Å². The number of primary amides is 1. The Bertz CT molecular complexity index is 893. The average molecular weight is 380 g/mol. The van der Waals surface area contributed by atoms with Crippen LogP contribution in [0.2, 0.25) is 0 Å². The van der Waals surface area contributed by atoms with Crippen LogP contribution in [0.4, 0.5) is 0 Å². The lowest BCUT2D eigenvalue weighted by Crippen LogP contribution is -2.38. The van der Waals surface area contributed by atoms with Crippen LogP contribution in [0.1, 0.15) is 37.2 Å². The first kappa shape index (κ1) is 18.6. The quantitative estimate of drug-likeness (QED) is 0.781. The summed E-state index contributed by atoms with van der Waals surface area (Å²) in [6.45, 7) is 5.24. The van der Waals surface area contributed by atoms with Crippen LogP contribution in [-0.4, -0.2) is 51.1 Å². The molecule has 142 valence electrons. The summed E-state index contributed by atoms with van der Waals surface area (Å²) in [5, 5.41) is 4.14. The monoisotopic (exact) mass is 380 g/mol. The first-order valence-electron chi connectivity index (χ1n) is 8.66. The van der Waals surface area contributed by atoms with Gasteiger partial charge in [0.1, 0.15) is 17.3 Å². The molecule has 0 aliphatic carbocycles. The maximum Gasteiger partial charge on any atom is 0.246 e. The minimum atomic E-state index is -3.55. The molecule has 0 radical (unpaired) electrons. The van der Waals surface area contributed by atoms with E-state index in [9.17, 15) is 13.2 Å². The number of piperidine rings is 1. The summed E-state index contributed by atoms with van der Waals surface area (Å²) in [7, 11) is -3.55. The number of amides is 1. The maximum absolute atomic E-state index is 12.9. The number of sulfonamides is 1. The van der Waals surface area contributed by atoms with Gasteiger partial charge in [-0.05, 0) is 26.7 Å². The lowest BCUT2D eigenvalue weighted by Gasteiger charge is -2.31. The number of rotatable bonds is 6. The van der Waals surface area contributed by atoms with Crippen LogP contribution in [0.15, 0.2) is 23.5 Å². The van der Waals surface area contributed by atoms with Gasteiger partial charge in [0.15, 0.2) is 0 Å². The van der Waals surface area contributed by atoms with Crippen molar-refractivity contribution in [2.24, 2.45) is 5.73 Å². The number of nitrogens with zero attached hydrogens (tertiary/aromatic N) is 5. The second-order valence-corrected chi connectivity index (χ2v) is 8.37. The van der Waals surface area contributed by atoms with E-state index in [2.05, 4.69) is 10.1 Å². The highest BCUT2D eigenvalue weighted by molar-refractivity contribution is 7.89. The van der Waals surface area contributed by atoms with Crippen LogP contribution in [-0.2, 0) is 27.9 Å². The van der Waals surface area contributed by atoms with Gasteiger partial charge < -0.3 is 10.3 Å². The van der Waals surface area contributed by atoms with Gasteiger partial charge in [-0.1, -0.05) is 0 Å². The molecule has 0 spiro atoms. The van der Waals surface area contributed by atoms with Crippen molar-refractivity contribution in [2.75, 3.05) is 13.1 Å². The standard InChI is InChI=1S/C16H24N6O3S/c1-3-22-12(2)14(10-19-22)26(24,25)21-7-4-13(5-8-21)16-18-6-9-20(16)11-15(17)23/h6,9-10,13H,3-5,7-8,11H2,1-2H3,(H2,17,23). The Balaban J connectivity index is 1.73. The van der Waals surface area contributed by atoms with Crippen molar-refractivity contribution in [3.8, 4) is 0 Å². The molecule has 3 rings (SSSR count). The van der Waals surface area contributed by atoms with E-state index in [1.807, 2.05) is 6.92 Å². The summed E-state index contributed by atoms with van der Waals surface area (Å²) >= 11 is 0. The number of nitrogens with two attached hydrogens (primary N) is 1. The first-order valence-corrected chi connectivity index (χ1v) is 10.1. The van der Waals surface area contributed by atoms with Gasteiger partial charge in [-0.3, -0.25) is 9.48 Å². The van der Waals surface area contributed by atoms with Gasteiger partial charge in [0, 0.05) is 37.9 Å². The van der Waals surface area contributed by atoms with E-state index in [1.54, 1.807) is 28.6 Å². The van der Waals surface area contributed by atoms with Gasteiger partial charge in [-0.25, -0.2) is 13.4 Å². The zero-order valence-corrected chi connectivity index (χ0v) is 15.8. The van der Waals surface area contributed by atoms with Crippen LogP contribution in [0.3, 0.4) is 0 Å². The molecule has 1 aliphatic heterocycles. The normalized spacial score (nSPS) is 16.8. The minimum Gasteiger partial charge on any atom is -0.368 e. The predicted octanol–water partition coefficient (Wildman–Crippen LogP) is 0.462. The number of aromatic nitrogens is 4. The summed E-state index contributed by atoms with van der Waals surface area (Å²) < 4.78 is 30.8. The van der Waals surface area contributed by atoms with E-state index in [0.717, 1.165) is 5.82 Å². The van der Waals surface area contributed by atoms with E-state index < -0.39 is 15.9 Å². The number of hydrogen-bond donors (Lipinski definition) is 1. The van der Waals surface area contributed by atoms with E-state index in [-0.39, 0.29) is 17.4 Å². The summed E-state index contributed by atoms with van der Waals surface area (Å²) in [6.07, 6.45) is 6.10. The van der Waals surface area contributed by atoms with Crippen LogP contribution in [0.5, 0.6) is 0 Å². The summed E-state index contributed by atoms with van der Waals surface area (Å²) in [5.41, 5.74) is 5.93. The van der Waals surface area contributed by atoms with Crippen molar-refractivity contribution in [3.63, 3.8) is 0 Å². The Kier molecular flexibility index (Phi) is 5.15. The Hall–Kier alpha value is -2.20. The zero-order valence-electron chi connectivity index (χ0n) is 15.0. The highest BCUT2D eigenvalue weighted by Crippen LogP contribution is 2.30. The van der Waals surface area contributed by atoms with Crippen molar-refractivity contribution in [3.05, 3.63) is 30.1 Å². The molecule has 26 heavy (non-hydrogen) atoms. The Labute approximate surface area is 152 Å². The van der Waals surface area contributed by atoms with E-state index in [1.165, 1.54) is 10.5 Å². The maximum atomic E-state index is 12.9. The first-order chi connectivity index (χ1) is 12.3. The molecule has 0 bridgehead atoms. The fraction of sp³-hybridized carbons (Fsp3) is 0.562. The van der Waals surface area contributed by atoms with Crippen molar-refractivity contribution in [1.29, 1.82) is 0 Å². The largest absolute Gasteiger partial charge is 0.368 e. The molecule has 0 saturated carbocycles. The van der Waals surface area contributed by atoms with E-state index in [4.69, 9.17) is 5.73 Å². The van der Waals surface area contributed by atoms with Gasteiger partial charge in [-0.15, -0.1) is 0 Å². The minimum absolute atomic E-state index is 0.0866. The van der Waals surface area contributed by atoms with Crippen LogP contribution < -0.4 is 5.73 Å². The smallest absolute Gasteiger partial charge is 0.246 e. The van der Waals surface area contributed by atoms with Gasteiger partial charge in [-0.2, -0.15) is 9.40 Å². The molecular formula is C16H24N6O3S. The van der Waals surface area contributed by atoms with Crippen molar-refractivity contribution < 1.29 is 13.2 Å². The summed E-state index contributed by atoms with van der Waals surface area (Å²) in [4.78, 5) is 15.8. The number of carbonyl (C=O) groups is 1. The second-order valence-electron chi connectivity index (χ2n) is 6.47. The van der Waals surface area contributed by atoms with Crippen molar-refractivity contribution >= 4 is 15.9 Å². The third kappa shape index (κ3) is 3.38. The molecule has 1 saturated heterocycles. The molecule has 0 aromatic carbocycles. The molecule has 1 amide bonds. The SMILES string of the molecule is CCn1ncc(S(=O)(=O)N2CCC(c3nccn3CC(N)=O)CC2)c1C. The Morgan fingerprint density at radius 2 is 2.04 bits per heavy atom. The summed E-state index contributed by atoms with van der Waals surface area (Å²) in [6, 6.07) is 0. The summed E-state index contributed by atoms with van der Waals surface area (Å²) in [5.74, 6) is 0.471. The highest BCUT2D eigenvalue weighted by Gasteiger charge is 2.33. The number of aryl methyl sites for hydroxylation is 1. The lowest BCUT2D eigenvalue weighted by molar-refractivity contribution is -0.118. The van der Waals surface area contributed by atoms with Crippen LogP contribution in [0.25, 0.3) is 0 Å². The topological polar surface area (TPSA) is 116 Å². The second kappa shape index (κ2) is 7.20. The average Bonchev–Trinajstić information content (AvgIpc) is 3.21. The third-order valence-electron chi connectivity index (χ3n) is 4.87. The lowest BCUT2D eigenvalue weighted by atomic mass is 9.97. The third-order valence-corrected chi connectivity index (χ3v) is 6.87. The Morgan fingerprint density at radius 3 is 2.62 bits per heavy atom. The molecule has 0 atom stereocenters. The fourth-order valence-corrected chi connectivity index (χ4v) is 5.11. The Morgan fingerprint density at radius 1 is 1.35 bits per heavy atom. The number of hydrogen-bond acceptors (Lipinski definition) is 5. The van der Waals surface area contributed by atoms with Gasteiger partial charge >= 0.3 is 0 Å². The zero-order chi connectivity index (χ0) is 18.9. The van der Waals surface area contributed by atoms with Gasteiger partial charge in [0.25, 0.3) is 0 Å². The number of carbonyl (C=O) groups excluding carboxylic acids is 1. The molecule has 2 aromatic heterocycles. The van der Waals surface area contributed by atoms with Crippen LogP contribution in [0, 0.1) is 6.92 Å². The molecule has 0 unspecified atom stereocenters. The fourth-order valence-electron chi connectivity index (χ4n) is 3.48. The molecule has 1 fully saturated rings. The van der Waals surface area contributed by atoms with E-state index in [0.29, 0.717) is 38.2 Å².